The molecule has 0 aliphatic rings. The van der Waals surface area contributed by atoms with Gasteiger partial charge in [0.25, 0.3) is 0 Å². The summed E-state index contributed by atoms with van der Waals surface area (Å²) in [6.07, 6.45) is 0.303. The predicted octanol–water partition coefficient (Wildman–Crippen LogP) is 3.59. The molecule has 0 saturated carbocycles. The number of aryl methyl sites for hydroxylation is 1. The molecular formula is C16H23BrN2O2. The number of benzene rings is 1. The molecule has 5 heteroatoms. The first-order valence-corrected chi connectivity index (χ1v) is 7.90. The lowest BCUT2D eigenvalue weighted by atomic mass is 10.2. The lowest BCUT2D eigenvalue weighted by molar-refractivity contribution is -0.129. The standard InChI is InChI=1S/C16H23BrN2O2/c1-11(2)10-19(13(4)20)8-7-16(21)18-14-6-5-12(3)15(17)9-14/h5-6,9,11H,7-8,10H2,1-4H3,(H,18,21). The van der Waals surface area contributed by atoms with Gasteiger partial charge in [0.05, 0.1) is 0 Å². The van der Waals surface area contributed by atoms with Crippen LogP contribution in [0.3, 0.4) is 0 Å². The van der Waals surface area contributed by atoms with E-state index in [1.165, 1.54) is 6.92 Å². The van der Waals surface area contributed by atoms with Crippen molar-refractivity contribution in [2.75, 3.05) is 18.4 Å². The maximum atomic E-state index is 12.0. The summed E-state index contributed by atoms with van der Waals surface area (Å²) in [5, 5.41) is 2.85. The van der Waals surface area contributed by atoms with E-state index in [2.05, 4.69) is 35.1 Å². The fraction of sp³-hybridized carbons (Fsp3) is 0.500. The molecule has 1 N–H and O–H groups in total. The molecule has 0 aliphatic carbocycles. The molecule has 0 unspecified atom stereocenters. The van der Waals surface area contributed by atoms with Crippen molar-refractivity contribution in [2.24, 2.45) is 5.92 Å². The smallest absolute Gasteiger partial charge is 0.226 e. The van der Waals surface area contributed by atoms with E-state index in [-0.39, 0.29) is 11.8 Å². The number of carbonyl (C=O) groups excluding carboxylic acids is 2. The fourth-order valence-electron chi connectivity index (χ4n) is 1.95. The molecule has 1 aromatic carbocycles. The van der Waals surface area contributed by atoms with E-state index in [1.807, 2.05) is 25.1 Å². The summed E-state index contributed by atoms with van der Waals surface area (Å²) in [5.74, 6) is 0.320. The third-order valence-corrected chi connectivity index (χ3v) is 3.95. The summed E-state index contributed by atoms with van der Waals surface area (Å²) >= 11 is 3.44. The van der Waals surface area contributed by atoms with Gasteiger partial charge in [-0.15, -0.1) is 0 Å². The van der Waals surface area contributed by atoms with Crippen LogP contribution in [-0.2, 0) is 9.59 Å². The van der Waals surface area contributed by atoms with Gasteiger partial charge in [0.1, 0.15) is 0 Å². The van der Waals surface area contributed by atoms with Crippen molar-refractivity contribution in [1.82, 2.24) is 4.90 Å². The Kier molecular flexibility index (Phi) is 6.89. The van der Waals surface area contributed by atoms with E-state index >= 15 is 0 Å². The molecule has 4 nitrogen and oxygen atoms in total. The van der Waals surface area contributed by atoms with Crippen LogP contribution < -0.4 is 5.32 Å². The Morgan fingerprint density at radius 2 is 2.00 bits per heavy atom. The van der Waals surface area contributed by atoms with Gasteiger partial charge >= 0.3 is 0 Å². The van der Waals surface area contributed by atoms with Crippen LogP contribution in [0, 0.1) is 12.8 Å². The van der Waals surface area contributed by atoms with Crippen molar-refractivity contribution < 1.29 is 9.59 Å². The van der Waals surface area contributed by atoms with Gasteiger partial charge in [0.15, 0.2) is 0 Å². The molecule has 0 bridgehead atoms. The van der Waals surface area contributed by atoms with Gasteiger partial charge in [-0.1, -0.05) is 35.8 Å². The second-order valence-corrected chi connectivity index (χ2v) is 6.48. The Balaban J connectivity index is 2.52. The SMILES string of the molecule is CC(=O)N(CCC(=O)Nc1ccc(C)c(Br)c1)CC(C)C. The van der Waals surface area contributed by atoms with Crippen LogP contribution in [0.25, 0.3) is 0 Å². The monoisotopic (exact) mass is 354 g/mol. The van der Waals surface area contributed by atoms with Crippen molar-refractivity contribution >= 4 is 33.4 Å². The summed E-state index contributed by atoms with van der Waals surface area (Å²) in [5.41, 5.74) is 1.88. The van der Waals surface area contributed by atoms with Gasteiger partial charge in [-0.25, -0.2) is 0 Å². The average Bonchev–Trinajstić information content (AvgIpc) is 2.38. The van der Waals surface area contributed by atoms with Crippen molar-refractivity contribution in [2.45, 2.75) is 34.1 Å². The zero-order chi connectivity index (χ0) is 16.0. The van der Waals surface area contributed by atoms with Gasteiger partial charge in [0.2, 0.25) is 11.8 Å². The Bertz CT molecular complexity index is 515. The van der Waals surface area contributed by atoms with Crippen LogP contribution in [-0.4, -0.2) is 29.8 Å². The molecule has 1 aromatic rings. The second-order valence-electron chi connectivity index (χ2n) is 5.62. The Morgan fingerprint density at radius 1 is 1.33 bits per heavy atom. The van der Waals surface area contributed by atoms with Crippen LogP contribution in [0.5, 0.6) is 0 Å². The van der Waals surface area contributed by atoms with Crippen LogP contribution in [0.1, 0.15) is 32.8 Å². The minimum atomic E-state index is -0.0826. The van der Waals surface area contributed by atoms with Crippen LogP contribution in [0.2, 0.25) is 0 Å². The highest BCUT2D eigenvalue weighted by Gasteiger charge is 2.12. The number of hydrogen-bond acceptors (Lipinski definition) is 2. The molecule has 2 amide bonds. The normalized spacial score (nSPS) is 10.6. The maximum absolute atomic E-state index is 12.0. The van der Waals surface area contributed by atoms with Crippen molar-refractivity contribution in [3.63, 3.8) is 0 Å². The Hall–Kier alpha value is -1.36. The number of nitrogens with zero attached hydrogens (tertiary/aromatic N) is 1. The molecule has 1 rings (SSSR count). The van der Waals surface area contributed by atoms with E-state index in [4.69, 9.17) is 0 Å². The topological polar surface area (TPSA) is 49.4 Å². The van der Waals surface area contributed by atoms with Gasteiger partial charge in [-0.3, -0.25) is 9.59 Å². The molecule has 0 fully saturated rings. The fourth-order valence-corrected chi connectivity index (χ4v) is 2.33. The number of rotatable bonds is 6. The average molecular weight is 355 g/mol. The van der Waals surface area contributed by atoms with Crippen LogP contribution in [0.15, 0.2) is 22.7 Å². The summed E-state index contributed by atoms with van der Waals surface area (Å²) < 4.78 is 0.963. The highest BCUT2D eigenvalue weighted by molar-refractivity contribution is 9.10. The predicted molar refractivity (Wildman–Crippen MR) is 89.2 cm³/mol. The summed E-state index contributed by atoms with van der Waals surface area (Å²) in [6, 6.07) is 5.69. The van der Waals surface area contributed by atoms with Gasteiger partial charge in [-0.2, -0.15) is 0 Å². The molecule has 0 heterocycles. The third-order valence-electron chi connectivity index (χ3n) is 3.10. The number of carbonyl (C=O) groups is 2. The largest absolute Gasteiger partial charge is 0.342 e. The zero-order valence-electron chi connectivity index (χ0n) is 13.1. The minimum absolute atomic E-state index is 0.00887. The van der Waals surface area contributed by atoms with Crippen molar-refractivity contribution in [3.8, 4) is 0 Å². The highest BCUT2D eigenvalue weighted by Crippen LogP contribution is 2.20. The number of hydrogen-bond donors (Lipinski definition) is 1. The van der Waals surface area contributed by atoms with E-state index in [1.54, 1.807) is 4.90 Å². The summed E-state index contributed by atoms with van der Waals surface area (Å²) in [4.78, 5) is 25.2. The minimum Gasteiger partial charge on any atom is -0.342 e. The second kappa shape index (κ2) is 8.17. The van der Waals surface area contributed by atoms with E-state index in [0.717, 1.165) is 15.7 Å². The number of nitrogens with one attached hydrogen (secondary N) is 1. The lowest BCUT2D eigenvalue weighted by Crippen LogP contribution is -2.34. The first-order valence-electron chi connectivity index (χ1n) is 7.11. The zero-order valence-corrected chi connectivity index (χ0v) is 14.7. The first kappa shape index (κ1) is 17.7. The van der Waals surface area contributed by atoms with Crippen molar-refractivity contribution in [3.05, 3.63) is 28.2 Å². The molecule has 116 valence electrons. The molecule has 21 heavy (non-hydrogen) atoms. The van der Waals surface area contributed by atoms with Gasteiger partial charge in [0, 0.05) is 36.6 Å². The first-order chi connectivity index (χ1) is 9.79. The Morgan fingerprint density at radius 3 is 2.52 bits per heavy atom. The van der Waals surface area contributed by atoms with Gasteiger partial charge < -0.3 is 10.2 Å². The number of halogens is 1. The third kappa shape index (κ3) is 6.29. The maximum Gasteiger partial charge on any atom is 0.226 e. The van der Waals surface area contributed by atoms with E-state index < -0.39 is 0 Å². The molecule has 0 aromatic heterocycles. The summed E-state index contributed by atoms with van der Waals surface area (Å²) in [6.45, 7) is 8.77. The molecule has 0 saturated heterocycles. The highest BCUT2D eigenvalue weighted by atomic mass is 79.9. The molecule has 0 spiro atoms. The quantitative estimate of drug-likeness (QED) is 0.848. The van der Waals surface area contributed by atoms with Crippen LogP contribution in [0.4, 0.5) is 5.69 Å². The Labute approximate surface area is 135 Å². The van der Waals surface area contributed by atoms with E-state index in [9.17, 15) is 9.59 Å². The van der Waals surface area contributed by atoms with Crippen molar-refractivity contribution in [1.29, 1.82) is 0 Å². The molecule has 0 aliphatic heterocycles. The lowest BCUT2D eigenvalue weighted by Gasteiger charge is -2.22. The number of amides is 2. The molecule has 0 radical (unpaired) electrons. The van der Waals surface area contributed by atoms with E-state index in [0.29, 0.717) is 25.4 Å². The summed E-state index contributed by atoms with van der Waals surface area (Å²) in [7, 11) is 0. The van der Waals surface area contributed by atoms with Gasteiger partial charge in [-0.05, 0) is 30.5 Å². The number of anilines is 1. The van der Waals surface area contributed by atoms with Crippen LogP contribution >= 0.6 is 15.9 Å². The molecular weight excluding hydrogens is 332 g/mol. The molecule has 0 atom stereocenters.